The second-order valence-corrected chi connectivity index (χ2v) is 3.64. The number of esters is 1. The van der Waals surface area contributed by atoms with Crippen molar-refractivity contribution in [2.24, 2.45) is 0 Å². The molecule has 0 aliphatic carbocycles. The summed E-state index contributed by atoms with van der Waals surface area (Å²) >= 11 is 3.30. The lowest BCUT2D eigenvalue weighted by molar-refractivity contribution is 0.0603. The highest BCUT2D eigenvalue weighted by atomic mass is 79.9. The molecule has 0 atom stereocenters. The molecular formula is C9H7BrN2O2. The van der Waals surface area contributed by atoms with Crippen molar-refractivity contribution in [3.63, 3.8) is 0 Å². The van der Waals surface area contributed by atoms with Gasteiger partial charge in [0.15, 0.2) is 5.65 Å². The number of halogens is 1. The fourth-order valence-corrected chi connectivity index (χ4v) is 1.56. The third-order valence-corrected chi connectivity index (χ3v) is 2.27. The summed E-state index contributed by atoms with van der Waals surface area (Å²) < 4.78 is 7.25. The van der Waals surface area contributed by atoms with Crippen molar-refractivity contribution in [3.8, 4) is 0 Å². The second-order valence-electron chi connectivity index (χ2n) is 2.72. The van der Waals surface area contributed by atoms with Gasteiger partial charge in [-0.25, -0.2) is 9.78 Å². The topological polar surface area (TPSA) is 43.6 Å². The highest BCUT2D eigenvalue weighted by Gasteiger charge is 2.12. The number of hydrogen-bond donors (Lipinski definition) is 0. The van der Waals surface area contributed by atoms with E-state index in [1.54, 1.807) is 22.9 Å². The van der Waals surface area contributed by atoms with Crippen LogP contribution in [0.5, 0.6) is 0 Å². The zero-order chi connectivity index (χ0) is 10.1. The van der Waals surface area contributed by atoms with E-state index >= 15 is 0 Å². The normalized spacial score (nSPS) is 10.4. The maximum atomic E-state index is 11.3. The lowest BCUT2D eigenvalue weighted by Gasteiger charge is -1.97. The van der Waals surface area contributed by atoms with Gasteiger partial charge in [-0.3, -0.25) is 0 Å². The molecule has 0 amide bonds. The minimum atomic E-state index is -0.373. The van der Waals surface area contributed by atoms with E-state index in [4.69, 9.17) is 0 Å². The van der Waals surface area contributed by atoms with Crippen molar-refractivity contribution in [2.75, 3.05) is 7.11 Å². The number of rotatable bonds is 1. The number of carbonyl (C=O) groups is 1. The largest absolute Gasteiger partial charge is 0.465 e. The smallest absolute Gasteiger partial charge is 0.341 e. The molecule has 72 valence electrons. The van der Waals surface area contributed by atoms with Gasteiger partial charge in [0.1, 0.15) is 5.56 Å². The van der Waals surface area contributed by atoms with Crippen LogP contribution >= 0.6 is 15.9 Å². The molecule has 14 heavy (non-hydrogen) atoms. The Labute approximate surface area is 88.6 Å². The van der Waals surface area contributed by atoms with E-state index in [0.29, 0.717) is 11.2 Å². The van der Waals surface area contributed by atoms with Gasteiger partial charge < -0.3 is 9.14 Å². The molecule has 0 bridgehead atoms. The third-order valence-electron chi connectivity index (χ3n) is 1.87. The van der Waals surface area contributed by atoms with E-state index in [1.807, 2.05) is 6.20 Å². The van der Waals surface area contributed by atoms with Gasteiger partial charge in [-0.15, -0.1) is 0 Å². The molecule has 0 aromatic carbocycles. The maximum Gasteiger partial charge on any atom is 0.341 e. The number of methoxy groups -OCH3 is 1. The zero-order valence-corrected chi connectivity index (χ0v) is 8.98. The van der Waals surface area contributed by atoms with E-state index in [9.17, 15) is 4.79 Å². The predicted molar refractivity (Wildman–Crippen MR) is 54.2 cm³/mol. The van der Waals surface area contributed by atoms with E-state index in [0.717, 1.165) is 4.47 Å². The molecule has 2 rings (SSSR count). The van der Waals surface area contributed by atoms with Gasteiger partial charge >= 0.3 is 5.97 Å². The van der Waals surface area contributed by atoms with Gasteiger partial charge in [0.05, 0.1) is 11.6 Å². The van der Waals surface area contributed by atoms with Gasteiger partial charge in [-0.1, -0.05) is 0 Å². The van der Waals surface area contributed by atoms with Crippen LogP contribution in [0.4, 0.5) is 0 Å². The van der Waals surface area contributed by atoms with Gasteiger partial charge in [0.2, 0.25) is 0 Å². The molecule has 0 saturated carbocycles. The van der Waals surface area contributed by atoms with Gasteiger partial charge in [0, 0.05) is 18.6 Å². The average Bonchev–Trinajstić information content (AvgIpc) is 2.59. The first-order chi connectivity index (χ1) is 6.72. The molecule has 0 spiro atoms. The van der Waals surface area contributed by atoms with Gasteiger partial charge in [-0.05, 0) is 22.0 Å². The number of ether oxygens (including phenoxy) is 1. The third kappa shape index (κ3) is 1.39. The first-order valence-corrected chi connectivity index (χ1v) is 4.72. The Morgan fingerprint density at radius 2 is 2.43 bits per heavy atom. The number of carbonyl (C=O) groups excluding carboxylic acids is 1. The quantitative estimate of drug-likeness (QED) is 0.731. The van der Waals surface area contributed by atoms with E-state index in [1.165, 1.54) is 7.11 Å². The lowest BCUT2D eigenvalue weighted by Crippen LogP contribution is -2.01. The Balaban J connectivity index is 2.64. The molecule has 0 saturated heterocycles. The van der Waals surface area contributed by atoms with Crippen LogP contribution in [0.3, 0.4) is 0 Å². The van der Waals surface area contributed by atoms with Crippen molar-refractivity contribution in [3.05, 3.63) is 34.7 Å². The van der Waals surface area contributed by atoms with Gasteiger partial charge in [-0.2, -0.15) is 0 Å². The molecule has 2 aromatic rings. The zero-order valence-electron chi connectivity index (χ0n) is 7.40. The monoisotopic (exact) mass is 254 g/mol. The van der Waals surface area contributed by atoms with Crippen LogP contribution in [0.1, 0.15) is 10.4 Å². The summed E-state index contributed by atoms with van der Waals surface area (Å²) in [5.41, 5.74) is 1.07. The van der Waals surface area contributed by atoms with Crippen molar-refractivity contribution < 1.29 is 9.53 Å². The molecule has 0 radical (unpaired) electrons. The molecule has 0 aliphatic rings. The lowest BCUT2D eigenvalue weighted by atomic mass is 10.3. The van der Waals surface area contributed by atoms with Crippen LogP contribution in [0.25, 0.3) is 5.65 Å². The summed E-state index contributed by atoms with van der Waals surface area (Å²) in [6, 6.07) is 1.68. The molecule has 4 nitrogen and oxygen atoms in total. The molecule has 0 N–H and O–H groups in total. The highest BCUT2D eigenvalue weighted by molar-refractivity contribution is 9.10. The van der Waals surface area contributed by atoms with Crippen molar-refractivity contribution in [1.82, 2.24) is 9.38 Å². The van der Waals surface area contributed by atoms with Crippen LogP contribution in [-0.4, -0.2) is 22.5 Å². The van der Waals surface area contributed by atoms with E-state index < -0.39 is 0 Å². The second kappa shape index (κ2) is 3.42. The summed E-state index contributed by atoms with van der Waals surface area (Å²) in [5.74, 6) is -0.373. The fourth-order valence-electron chi connectivity index (χ4n) is 1.24. The van der Waals surface area contributed by atoms with Crippen molar-refractivity contribution in [2.45, 2.75) is 0 Å². The standard InChI is InChI=1S/C9H7BrN2O2/c1-14-9(13)7-2-3-12-5-6(10)4-11-8(7)12/h2-5H,1H3. The van der Waals surface area contributed by atoms with Crippen LogP contribution in [0, 0.1) is 0 Å². The Kier molecular flexibility index (Phi) is 2.25. The molecule has 0 fully saturated rings. The van der Waals surface area contributed by atoms with Crippen LogP contribution in [0.15, 0.2) is 29.1 Å². The summed E-state index contributed by atoms with van der Waals surface area (Å²) in [7, 11) is 1.35. The maximum absolute atomic E-state index is 11.3. The Morgan fingerprint density at radius 3 is 3.14 bits per heavy atom. The first-order valence-electron chi connectivity index (χ1n) is 3.93. The minimum absolute atomic E-state index is 0.373. The van der Waals surface area contributed by atoms with Crippen LogP contribution in [0.2, 0.25) is 0 Å². The minimum Gasteiger partial charge on any atom is -0.465 e. The fraction of sp³-hybridized carbons (Fsp3) is 0.111. The number of hydrogen-bond acceptors (Lipinski definition) is 3. The number of aromatic nitrogens is 2. The Morgan fingerprint density at radius 1 is 1.64 bits per heavy atom. The Bertz CT molecular complexity index is 493. The molecule has 5 heteroatoms. The number of nitrogens with zero attached hydrogens (tertiary/aromatic N) is 2. The first kappa shape index (κ1) is 9.21. The summed E-state index contributed by atoms with van der Waals surface area (Å²) in [6.45, 7) is 0. The summed E-state index contributed by atoms with van der Waals surface area (Å²) in [6.07, 6.45) is 5.23. The van der Waals surface area contributed by atoms with E-state index in [2.05, 4.69) is 25.7 Å². The van der Waals surface area contributed by atoms with Crippen LogP contribution < -0.4 is 0 Å². The molecular weight excluding hydrogens is 248 g/mol. The molecule has 2 aromatic heterocycles. The molecule has 2 heterocycles. The number of fused-ring (bicyclic) bond motifs is 1. The summed E-state index contributed by atoms with van der Waals surface area (Å²) in [4.78, 5) is 15.4. The highest BCUT2D eigenvalue weighted by Crippen LogP contribution is 2.14. The van der Waals surface area contributed by atoms with Crippen LogP contribution in [-0.2, 0) is 4.74 Å². The van der Waals surface area contributed by atoms with Crippen molar-refractivity contribution >= 4 is 27.5 Å². The van der Waals surface area contributed by atoms with Crippen molar-refractivity contribution in [1.29, 1.82) is 0 Å². The van der Waals surface area contributed by atoms with Gasteiger partial charge in [0.25, 0.3) is 0 Å². The molecule has 0 unspecified atom stereocenters. The predicted octanol–water partition coefficient (Wildman–Crippen LogP) is 1.88. The SMILES string of the molecule is COC(=O)c1ccn2cc(Br)cnc12. The van der Waals surface area contributed by atoms with E-state index in [-0.39, 0.29) is 5.97 Å². The molecule has 0 aliphatic heterocycles. The average molecular weight is 255 g/mol. The Hall–Kier alpha value is -1.36. The summed E-state index contributed by atoms with van der Waals surface area (Å²) in [5, 5.41) is 0.